The molecule has 1 aliphatic carbocycles. The Labute approximate surface area is 206 Å². The van der Waals surface area contributed by atoms with Crippen LogP contribution in [0, 0.1) is 11.8 Å². The fraction of sp³-hybridized carbons (Fsp3) is 0.214. The second-order valence-electron chi connectivity index (χ2n) is 9.07. The Hall–Kier alpha value is -3.61. The maximum Gasteiger partial charge on any atom is 0.241 e. The SMILES string of the molecule is CCc1ccc(N2C(=O)[C@H]3[C@@H](c4cccc(Cl)c4)OC4(C(=O)c5ccccc5C4=O)[C@H]3C2=O)cc1. The number of hydrogen-bond acceptors (Lipinski definition) is 5. The highest BCUT2D eigenvalue weighted by atomic mass is 35.5. The van der Waals surface area contributed by atoms with Gasteiger partial charge in [0.15, 0.2) is 0 Å². The van der Waals surface area contributed by atoms with Gasteiger partial charge in [-0.2, -0.15) is 0 Å². The normalized spacial score (nSPS) is 24.4. The molecule has 3 aromatic carbocycles. The lowest BCUT2D eigenvalue weighted by molar-refractivity contribution is -0.127. The predicted octanol–water partition coefficient (Wildman–Crippen LogP) is 4.60. The Morgan fingerprint density at radius 1 is 0.857 bits per heavy atom. The van der Waals surface area contributed by atoms with Crippen LogP contribution in [0.1, 0.15) is 44.9 Å². The molecule has 6 nitrogen and oxygen atoms in total. The summed E-state index contributed by atoms with van der Waals surface area (Å²) >= 11 is 6.21. The van der Waals surface area contributed by atoms with Gasteiger partial charge in [0.25, 0.3) is 0 Å². The van der Waals surface area contributed by atoms with E-state index < -0.39 is 46.9 Å². The van der Waals surface area contributed by atoms with Crippen LogP contribution in [0.5, 0.6) is 0 Å². The fourth-order valence-electron chi connectivity index (χ4n) is 5.64. The van der Waals surface area contributed by atoms with Crippen molar-refractivity contribution in [2.75, 3.05) is 4.90 Å². The standard InChI is InChI=1S/C28H20ClNO5/c1-2-15-10-12-18(13-11-15)30-26(33)21-22(27(30)34)28(35-23(21)16-6-5-7-17(29)14-16)24(31)19-8-3-4-9-20(19)25(28)32/h3-14,21-23H,2H2,1H3/t21-,22-,23-/m1/s1. The minimum atomic E-state index is -2.09. The third kappa shape index (κ3) is 2.87. The average Bonchev–Trinajstić information content (AvgIpc) is 3.44. The van der Waals surface area contributed by atoms with Gasteiger partial charge in [-0.25, -0.2) is 4.90 Å². The molecule has 0 aromatic heterocycles. The van der Waals surface area contributed by atoms with E-state index >= 15 is 0 Å². The lowest BCUT2D eigenvalue weighted by Gasteiger charge is -2.27. The third-order valence-corrected chi connectivity index (χ3v) is 7.53. The Kier molecular flexibility index (Phi) is 4.82. The summed E-state index contributed by atoms with van der Waals surface area (Å²) in [6.45, 7) is 2.01. The number of carbonyl (C=O) groups excluding carboxylic acids is 4. The summed E-state index contributed by atoms with van der Waals surface area (Å²) in [7, 11) is 0. The molecule has 2 fully saturated rings. The third-order valence-electron chi connectivity index (χ3n) is 7.30. The number of aryl methyl sites for hydroxylation is 1. The molecule has 3 atom stereocenters. The lowest BCUT2D eigenvalue weighted by Crippen LogP contribution is -2.51. The predicted molar refractivity (Wildman–Crippen MR) is 128 cm³/mol. The van der Waals surface area contributed by atoms with E-state index in [1.165, 1.54) is 0 Å². The summed E-state index contributed by atoms with van der Waals surface area (Å²) in [6, 6.07) is 20.3. The number of benzene rings is 3. The molecule has 0 saturated carbocycles. The highest BCUT2D eigenvalue weighted by molar-refractivity contribution is 6.37. The molecule has 0 bridgehead atoms. The van der Waals surface area contributed by atoms with Crippen LogP contribution >= 0.6 is 11.6 Å². The molecule has 6 rings (SSSR count). The van der Waals surface area contributed by atoms with Gasteiger partial charge in [-0.1, -0.05) is 67.1 Å². The zero-order valence-corrected chi connectivity index (χ0v) is 19.5. The molecule has 1 spiro atoms. The molecule has 3 aromatic rings. The maximum atomic E-state index is 13.9. The van der Waals surface area contributed by atoms with Crippen molar-refractivity contribution in [1.82, 2.24) is 0 Å². The van der Waals surface area contributed by atoms with Crippen molar-refractivity contribution in [3.8, 4) is 0 Å². The number of imide groups is 1. The second-order valence-corrected chi connectivity index (χ2v) is 9.50. The van der Waals surface area contributed by atoms with Crippen molar-refractivity contribution in [2.45, 2.75) is 25.0 Å². The van der Waals surface area contributed by atoms with Gasteiger partial charge in [0, 0.05) is 16.1 Å². The van der Waals surface area contributed by atoms with Gasteiger partial charge in [-0.15, -0.1) is 0 Å². The van der Waals surface area contributed by atoms with Crippen LogP contribution in [0.2, 0.25) is 5.02 Å². The molecule has 35 heavy (non-hydrogen) atoms. The first-order valence-corrected chi connectivity index (χ1v) is 11.8. The number of amides is 2. The molecule has 2 aliphatic heterocycles. The van der Waals surface area contributed by atoms with Crippen molar-refractivity contribution < 1.29 is 23.9 Å². The minimum absolute atomic E-state index is 0.203. The van der Waals surface area contributed by atoms with Gasteiger partial charge in [0.2, 0.25) is 29.0 Å². The maximum absolute atomic E-state index is 13.9. The second kappa shape index (κ2) is 7.70. The summed E-state index contributed by atoms with van der Waals surface area (Å²) < 4.78 is 6.26. The number of nitrogens with zero attached hydrogens (tertiary/aromatic N) is 1. The molecular weight excluding hydrogens is 466 g/mol. The van der Waals surface area contributed by atoms with Crippen molar-refractivity contribution >= 4 is 40.7 Å². The zero-order chi connectivity index (χ0) is 24.5. The van der Waals surface area contributed by atoms with Gasteiger partial charge >= 0.3 is 0 Å². The minimum Gasteiger partial charge on any atom is -0.349 e. The van der Waals surface area contributed by atoms with Crippen LogP contribution in [0.3, 0.4) is 0 Å². The summed E-state index contributed by atoms with van der Waals surface area (Å²) in [4.78, 5) is 56.3. The van der Waals surface area contributed by atoms with E-state index in [4.69, 9.17) is 16.3 Å². The average molecular weight is 486 g/mol. The van der Waals surface area contributed by atoms with Gasteiger partial charge in [0.05, 0.1) is 23.6 Å². The Balaban J connectivity index is 1.53. The quantitative estimate of drug-likeness (QED) is 0.400. The summed E-state index contributed by atoms with van der Waals surface area (Å²) in [5.74, 6) is -4.60. The number of hydrogen-bond donors (Lipinski definition) is 0. The monoisotopic (exact) mass is 485 g/mol. The van der Waals surface area contributed by atoms with Crippen molar-refractivity contribution in [3.63, 3.8) is 0 Å². The lowest BCUT2D eigenvalue weighted by atomic mass is 9.77. The van der Waals surface area contributed by atoms with Crippen LogP contribution in [-0.4, -0.2) is 29.0 Å². The number of Topliss-reactive ketones (excluding diaryl/α,β-unsaturated/α-hetero) is 2. The number of carbonyl (C=O) groups is 4. The van der Waals surface area contributed by atoms with Gasteiger partial charge in [0.1, 0.15) is 0 Å². The Morgan fingerprint density at radius 2 is 1.51 bits per heavy atom. The van der Waals surface area contributed by atoms with E-state index in [0.717, 1.165) is 16.9 Å². The first-order valence-electron chi connectivity index (χ1n) is 11.5. The molecule has 174 valence electrons. The zero-order valence-electron chi connectivity index (χ0n) is 18.7. The number of ketones is 2. The largest absolute Gasteiger partial charge is 0.349 e. The topological polar surface area (TPSA) is 80.8 Å². The van der Waals surface area contributed by atoms with Crippen LogP contribution in [0.25, 0.3) is 0 Å². The molecule has 2 amide bonds. The molecule has 0 unspecified atom stereocenters. The van der Waals surface area contributed by atoms with Crippen molar-refractivity contribution in [1.29, 1.82) is 0 Å². The fourth-order valence-corrected chi connectivity index (χ4v) is 5.84. The number of rotatable bonds is 3. The van der Waals surface area contributed by atoms with Gasteiger partial charge in [-0.3, -0.25) is 19.2 Å². The first kappa shape index (κ1) is 21.9. The Morgan fingerprint density at radius 3 is 2.11 bits per heavy atom. The van der Waals surface area contributed by atoms with Crippen LogP contribution in [0.4, 0.5) is 5.69 Å². The Bertz CT molecular complexity index is 1390. The summed E-state index contributed by atoms with van der Waals surface area (Å²) in [5.41, 5.74) is 0.308. The van der Waals surface area contributed by atoms with Crippen LogP contribution in [-0.2, 0) is 20.7 Å². The molecule has 2 saturated heterocycles. The van der Waals surface area contributed by atoms with E-state index in [2.05, 4.69) is 0 Å². The van der Waals surface area contributed by atoms with E-state index in [0.29, 0.717) is 16.3 Å². The van der Waals surface area contributed by atoms with Crippen molar-refractivity contribution in [2.24, 2.45) is 11.8 Å². The highest BCUT2D eigenvalue weighted by Gasteiger charge is 2.74. The van der Waals surface area contributed by atoms with E-state index in [1.54, 1.807) is 60.7 Å². The molecular formula is C28H20ClNO5. The smallest absolute Gasteiger partial charge is 0.241 e. The van der Waals surface area contributed by atoms with E-state index in [-0.39, 0.29) is 11.1 Å². The number of halogens is 1. The molecule has 0 radical (unpaired) electrons. The van der Waals surface area contributed by atoms with Crippen LogP contribution < -0.4 is 4.90 Å². The number of anilines is 1. The van der Waals surface area contributed by atoms with Gasteiger partial charge in [-0.05, 0) is 41.8 Å². The van der Waals surface area contributed by atoms with E-state index in [9.17, 15) is 19.2 Å². The number of ether oxygens (including phenoxy) is 1. The first-order chi connectivity index (χ1) is 16.9. The molecule has 0 N–H and O–H groups in total. The number of fused-ring (bicyclic) bond motifs is 3. The van der Waals surface area contributed by atoms with Crippen LogP contribution in [0.15, 0.2) is 72.8 Å². The summed E-state index contributed by atoms with van der Waals surface area (Å²) in [5, 5.41) is 0.416. The summed E-state index contributed by atoms with van der Waals surface area (Å²) in [6.07, 6.45) is -0.181. The molecule has 3 aliphatic rings. The van der Waals surface area contributed by atoms with Gasteiger partial charge < -0.3 is 4.74 Å². The molecule has 7 heteroatoms. The molecule has 2 heterocycles. The van der Waals surface area contributed by atoms with Crippen molar-refractivity contribution in [3.05, 3.63) is 100 Å². The van der Waals surface area contributed by atoms with E-state index in [1.807, 2.05) is 19.1 Å². The highest BCUT2D eigenvalue weighted by Crippen LogP contribution is 2.57.